The van der Waals surface area contributed by atoms with Gasteiger partial charge in [0.15, 0.2) is 17.3 Å². The fourth-order valence-corrected chi connectivity index (χ4v) is 3.70. The lowest BCUT2D eigenvalue weighted by Gasteiger charge is -2.19. The van der Waals surface area contributed by atoms with Crippen LogP contribution in [0.2, 0.25) is 0 Å². The minimum Gasteiger partial charge on any atom is -0.387 e. The largest absolute Gasteiger partial charge is 0.387 e. The third-order valence-corrected chi connectivity index (χ3v) is 5.65. The van der Waals surface area contributed by atoms with Gasteiger partial charge in [0.2, 0.25) is 0 Å². The third-order valence-electron chi connectivity index (χ3n) is 5.65. The van der Waals surface area contributed by atoms with Gasteiger partial charge in [-0.05, 0) is 12.8 Å². The Morgan fingerprint density at radius 3 is 2.42 bits per heavy atom. The molecule has 0 saturated carbocycles. The summed E-state index contributed by atoms with van der Waals surface area (Å²) in [6.45, 7) is 4.51. The quantitative estimate of drug-likeness (QED) is 0.306. The number of imidazole rings is 1. The second kappa shape index (κ2) is 10.5. The maximum Gasteiger partial charge on any atom is 0.332 e. The number of nitrogens with one attached hydrogen (secondary N) is 1. The van der Waals surface area contributed by atoms with E-state index in [0.29, 0.717) is 19.4 Å². The average Bonchev–Trinajstić information content (AvgIpc) is 3.34. The third kappa shape index (κ3) is 4.67. The van der Waals surface area contributed by atoms with Crippen molar-refractivity contribution in [3.63, 3.8) is 0 Å². The van der Waals surface area contributed by atoms with Crippen molar-refractivity contribution >= 4 is 17.1 Å². The molecule has 0 spiro atoms. The van der Waals surface area contributed by atoms with Crippen molar-refractivity contribution in [3.05, 3.63) is 27.2 Å². The molecule has 5 atom stereocenters. The van der Waals surface area contributed by atoms with Crippen molar-refractivity contribution in [1.29, 1.82) is 0 Å². The zero-order valence-electron chi connectivity index (χ0n) is 18.9. The van der Waals surface area contributed by atoms with Crippen molar-refractivity contribution in [1.82, 2.24) is 24.2 Å². The van der Waals surface area contributed by atoms with E-state index in [9.17, 15) is 29.7 Å². The van der Waals surface area contributed by atoms with E-state index in [0.717, 1.165) is 22.1 Å². The first-order valence-electron chi connectivity index (χ1n) is 11.1. The smallest absolute Gasteiger partial charge is 0.332 e. The van der Waals surface area contributed by atoms with E-state index < -0.39 is 47.9 Å². The van der Waals surface area contributed by atoms with Crippen molar-refractivity contribution in [3.8, 4) is 0 Å². The summed E-state index contributed by atoms with van der Waals surface area (Å²) in [6.07, 6.45) is -3.87. The predicted molar refractivity (Wildman–Crippen MR) is 115 cm³/mol. The fourth-order valence-electron chi connectivity index (χ4n) is 3.70. The Kier molecular flexibility index (Phi) is 7.89. The lowest BCUT2D eigenvalue weighted by Crippen LogP contribution is -2.46. The Morgan fingerprint density at radius 2 is 1.82 bits per heavy atom. The highest BCUT2D eigenvalue weighted by atomic mass is 16.8. The van der Waals surface area contributed by atoms with Crippen LogP contribution in [0.5, 0.6) is 0 Å². The molecular formula is C20H31N5O8. The molecule has 2 aromatic rings. The van der Waals surface area contributed by atoms with E-state index in [1.165, 1.54) is 17.9 Å². The summed E-state index contributed by atoms with van der Waals surface area (Å²) in [5, 5.41) is 32.9. The van der Waals surface area contributed by atoms with Gasteiger partial charge in [0, 0.05) is 20.1 Å². The summed E-state index contributed by atoms with van der Waals surface area (Å²) in [4.78, 5) is 47.6. The van der Waals surface area contributed by atoms with Crippen LogP contribution in [0, 0.1) is 0 Å². The standard InChI is InChI=1S/C20H31N5O8/c1-4-6-8-23-16-11(18(30)24(20(23)31)9-7-5-2)25(10-22-16)33-19-13(27)12(26)15(32-19)14(28)17(29)21-3/h10,12-15,19,26-28H,4-9H2,1-3H3,(H,21,29)/t12-,13+,14?,15-,19?/m0/s1. The molecule has 3 rings (SSSR count). The number of ether oxygens (including phenoxy) is 1. The Hall–Kier alpha value is -2.74. The minimum absolute atomic E-state index is 0.0256. The molecule has 3 heterocycles. The number of likely N-dealkylation sites (N-methyl/N-ethyl adjacent to an activating group) is 1. The molecule has 0 bridgehead atoms. The van der Waals surface area contributed by atoms with Crippen molar-refractivity contribution in [2.24, 2.45) is 0 Å². The number of hydrogen-bond acceptors (Lipinski definition) is 9. The van der Waals surface area contributed by atoms with Gasteiger partial charge in [-0.3, -0.25) is 18.7 Å². The lowest BCUT2D eigenvalue weighted by molar-refractivity contribution is -0.180. The number of nitrogens with zero attached hydrogens (tertiary/aromatic N) is 4. The van der Waals surface area contributed by atoms with Gasteiger partial charge >= 0.3 is 5.69 Å². The Balaban J connectivity index is 1.99. The number of carbonyl (C=O) groups excluding carboxylic acids is 1. The number of hydrogen-bond donors (Lipinski definition) is 4. The van der Waals surface area contributed by atoms with Gasteiger partial charge in [0.1, 0.15) is 24.6 Å². The SMILES string of the molecule is CCCCn1c(=O)c2c(ncn2OC2O[C@H](C(O)C(=O)NC)[C@@H](O)[C@H]2O)n(CCCC)c1=O. The number of aliphatic hydroxyl groups is 3. The second-order valence-electron chi connectivity index (χ2n) is 7.96. The van der Waals surface area contributed by atoms with Crippen LogP contribution >= 0.6 is 0 Å². The summed E-state index contributed by atoms with van der Waals surface area (Å²) < 4.78 is 8.91. The summed E-state index contributed by atoms with van der Waals surface area (Å²) in [6, 6.07) is 0. The van der Waals surface area contributed by atoms with Gasteiger partial charge in [-0.25, -0.2) is 9.78 Å². The first kappa shape index (κ1) is 24.9. The number of unbranched alkanes of at least 4 members (excludes halogenated alkanes) is 2. The van der Waals surface area contributed by atoms with Crippen molar-refractivity contribution in [2.75, 3.05) is 7.05 Å². The monoisotopic (exact) mass is 469 g/mol. The molecule has 184 valence electrons. The van der Waals surface area contributed by atoms with Crippen LogP contribution in [-0.4, -0.2) is 77.8 Å². The number of fused-ring (bicyclic) bond motifs is 1. The van der Waals surface area contributed by atoms with Crippen LogP contribution in [-0.2, 0) is 22.6 Å². The maximum absolute atomic E-state index is 13.1. The van der Waals surface area contributed by atoms with Gasteiger partial charge in [0.25, 0.3) is 17.8 Å². The molecule has 13 nitrogen and oxygen atoms in total. The Labute approximate surface area is 189 Å². The first-order valence-corrected chi connectivity index (χ1v) is 11.1. The molecule has 1 amide bonds. The number of aliphatic hydroxyl groups excluding tert-OH is 3. The summed E-state index contributed by atoms with van der Waals surface area (Å²) in [5.41, 5.74) is -0.965. The van der Waals surface area contributed by atoms with Crippen LogP contribution in [0.15, 0.2) is 15.9 Å². The highest BCUT2D eigenvalue weighted by Gasteiger charge is 2.49. The zero-order valence-corrected chi connectivity index (χ0v) is 18.9. The predicted octanol–water partition coefficient (Wildman–Crippen LogP) is -2.06. The molecule has 1 saturated heterocycles. The summed E-state index contributed by atoms with van der Waals surface area (Å²) in [5.74, 6) is -0.807. The molecule has 4 N–H and O–H groups in total. The molecule has 1 aliphatic rings. The van der Waals surface area contributed by atoms with Crippen molar-refractivity contribution in [2.45, 2.75) is 83.3 Å². The maximum atomic E-state index is 13.1. The van der Waals surface area contributed by atoms with E-state index in [-0.39, 0.29) is 17.7 Å². The molecule has 0 radical (unpaired) electrons. The molecule has 1 fully saturated rings. The molecular weight excluding hydrogens is 438 g/mol. The van der Waals surface area contributed by atoms with Crippen LogP contribution < -0.4 is 21.4 Å². The van der Waals surface area contributed by atoms with E-state index >= 15 is 0 Å². The number of aromatic nitrogens is 4. The molecule has 13 heteroatoms. The van der Waals surface area contributed by atoms with Crippen LogP contribution in [0.1, 0.15) is 39.5 Å². The Morgan fingerprint density at radius 1 is 1.18 bits per heavy atom. The van der Waals surface area contributed by atoms with Crippen LogP contribution in [0.4, 0.5) is 0 Å². The lowest BCUT2D eigenvalue weighted by atomic mass is 10.1. The molecule has 33 heavy (non-hydrogen) atoms. The summed E-state index contributed by atoms with van der Waals surface area (Å²) in [7, 11) is 1.30. The highest BCUT2D eigenvalue weighted by molar-refractivity contribution is 5.81. The van der Waals surface area contributed by atoms with E-state index in [1.54, 1.807) is 0 Å². The van der Waals surface area contributed by atoms with Gasteiger partial charge in [-0.2, -0.15) is 4.73 Å². The topological polar surface area (TPSA) is 170 Å². The second-order valence-corrected chi connectivity index (χ2v) is 7.96. The van der Waals surface area contributed by atoms with Gasteiger partial charge in [-0.15, -0.1) is 0 Å². The molecule has 2 aromatic heterocycles. The number of carbonyl (C=O) groups is 1. The minimum atomic E-state index is -1.75. The molecule has 0 aliphatic carbocycles. The van der Waals surface area contributed by atoms with E-state index in [2.05, 4.69) is 10.3 Å². The van der Waals surface area contributed by atoms with Crippen LogP contribution in [0.3, 0.4) is 0 Å². The van der Waals surface area contributed by atoms with Gasteiger partial charge in [0.05, 0.1) is 0 Å². The summed E-state index contributed by atoms with van der Waals surface area (Å²) >= 11 is 0. The zero-order chi connectivity index (χ0) is 24.3. The highest BCUT2D eigenvalue weighted by Crippen LogP contribution is 2.24. The van der Waals surface area contributed by atoms with E-state index in [1.807, 2.05) is 13.8 Å². The molecule has 0 aromatic carbocycles. The Bertz CT molecular complexity index is 1090. The number of rotatable bonds is 10. The average molecular weight is 469 g/mol. The van der Waals surface area contributed by atoms with Gasteiger partial charge < -0.3 is 30.2 Å². The molecule has 2 unspecified atom stereocenters. The van der Waals surface area contributed by atoms with Crippen LogP contribution in [0.25, 0.3) is 11.2 Å². The van der Waals surface area contributed by atoms with E-state index in [4.69, 9.17) is 9.57 Å². The number of amides is 1. The fraction of sp³-hybridized carbons (Fsp3) is 0.700. The normalized spacial score (nSPS) is 23.7. The van der Waals surface area contributed by atoms with Crippen molar-refractivity contribution < 1.29 is 29.7 Å². The number of aryl methyl sites for hydroxylation is 1. The van der Waals surface area contributed by atoms with Gasteiger partial charge in [-0.1, -0.05) is 26.7 Å². The first-order chi connectivity index (χ1) is 15.8. The molecule has 1 aliphatic heterocycles.